The summed E-state index contributed by atoms with van der Waals surface area (Å²) in [7, 11) is 0. The zero-order valence-corrected chi connectivity index (χ0v) is 10.2. The van der Waals surface area contributed by atoms with Crippen LogP contribution >= 0.6 is 27.3 Å². The first kappa shape index (κ1) is 9.93. The highest BCUT2D eigenvalue weighted by atomic mass is 79.9. The number of nitrogens with one attached hydrogen (secondary N) is 1. The smallest absolute Gasteiger partial charge is 0.107 e. The Morgan fingerprint density at radius 1 is 1.64 bits per heavy atom. The summed E-state index contributed by atoms with van der Waals surface area (Å²) < 4.78 is 1.17. The highest BCUT2D eigenvalue weighted by Crippen LogP contribution is 2.35. The zero-order valence-electron chi connectivity index (χ0n) is 7.83. The molecule has 2 nitrogen and oxygen atoms in total. The first-order chi connectivity index (χ1) is 6.81. The van der Waals surface area contributed by atoms with Crippen LogP contribution in [0.1, 0.15) is 22.7 Å². The minimum Gasteiger partial charge on any atom is -0.353 e. The molecule has 1 aliphatic rings. The highest BCUT2D eigenvalue weighted by Gasteiger charge is 2.14. The van der Waals surface area contributed by atoms with Crippen molar-refractivity contribution in [1.82, 2.24) is 5.32 Å². The van der Waals surface area contributed by atoms with Crippen molar-refractivity contribution in [1.29, 1.82) is 0 Å². The Labute approximate surface area is 95.9 Å². The molecule has 0 saturated carbocycles. The molecule has 2 rings (SSSR count). The lowest BCUT2D eigenvalue weighted by molar-refractivity contribution is 0.900. The second-order valence-corrected chi connectivity index (χ2v) is 5.05. The number of halogens is 1. The maximum absolute atomic E-state index is 4.37. The van der Waals surface area contributed by atoms with Gasteiger partial charge in [-0.05, 0) is 34.5 Å². The van der Waals surface area contributed by atoms with Crippen LogP contribution in [-0.2, 0) is 6.42 Å². The number of aryl methyl sites for hydroxylation is 1. The van der Waals surface area contributed by atoms with E-state index in [4.69, 9.17) is 0 Å². The monoisotopic (exact) mass is 270 g/mol. The lowest BCUT2D eigenvalue weighted by Gasteiger charge is -2.09. The molecule has 14 heavy (non-hydrogen) atoms. The molecule has 1 aromatic rings. The summed E-state index contributed by atoms with van der Waals surface area (Å²) in [6, 6.07) is 2.36. The van der Waals surface area contributed by atoms with Crippen molar-refractivity contribution in [3.63, 3.8) is 0 Å². The van der Waals surface area contributed by atoms with Crippen LogP contribution in [0, 0.1) is 0 Å². The fourth-order valence-corrected chi connectivity index (χ4v) is 3.25. The van der Waals surface area contributed by atoms with Gasteiger partial charge in [-0.2, -0.15) is 0 Å². The van der Waals surface area contributed by atoms with Crippen molar-refractivity contribution >= 4 is 33.6 Å². The van der Waals surface area contributed by atoms with Crippen molar-refractivity contribution in [3.8, 4) is 0 Å². The predicted molar refractivity (Wildman–Crippen MR) is 64.9 cm³/mol. The van der Waals surface area contributed by atoms with Gasteiger partial charge >= 0.3 is 0 Å². The molecule has 0 bridgehead atoms. The van der Waals surface area contributed by atoms with Crippen molar-refractivity contribution < 1.29 is 0 Å². The van der Waals surface area contributed by atoms with Gasteiger partial charge in [-0.1, -0.05) is 6.92 Å². The van der Waals surface area contributed by atoms with Gasteiger partial charge in [0.2, 0.25) is 0 Å². The number of rotatable bonds is 2. The number of hydrogen-bond acceptors (Lipinski definition) is 3. The van der Waals surface area contributed by atoms with Crippen molar-refractivity contribution in [3.05, 3.63) is 32.6 Å². The van der Waals surface area contributed by atoms with Crippen LogP contribution in [0.5, 0.6) is 0 Å². The second-order valence-electron chi connectivity index (χ2n) is 3.03. The number of aliphatic imine (C=N–C) groups is 1. The van der Waals surface area contributed by atoms with Gasteiger partial charge in [-0.3, -0.25) is 4.99 Å². The SMILES string of the molecule is CCc1cc(Br)c([C@H]2C=CNC=N2)s1. The Morgan fingerprint density at radius 2 is 2.50 bits per heavy atom. The van der Waals surface area contributed by atoms with Crippen LogP contribution in [-0.4, -0.2) is 6.34 Å². The lowest BCUT2D eigenvalue weighted by Crippen LogP contribution is -2.07. The van der Waals surface area contributed by atoms with E-state index in [0.29, 0.717) is 0 Å². The summed E-state index contributed by atoms with van der Waals surface area (Å²) in [6.07, 6.45) is 6.82. The molecule has 0 unspecified atom stereocenters. The van der Waals surface area contributed by atoms with Crippen LogP contribution in [0.15, 0.2) is 27.8 Å². The predicted octanol–water partition coefficient (Wildman–Crippen LogP) is 3.26. The second kappa shape index (κ2) is 4.28. The highest BCUT2D eigenvalue weighted by molar-refractivity contribution is 9.10. The van der Waals surface area contributed by atoms with E-state index in [9.17, 15) is 0 Å². The van der Waals surface area contributed by atoms with Crippen LogP contribution in [0.4, 0.5) is 0 Å². The van der Waals surface area contributed by atoms with E-state index >= 15 is 0 Å². The van der Waals surface area contributed by atoms with Gasteiger partial charge in [0, 0.05) is 20.4 Å². The van der Waals surface area contributed by atoms with E-state index in [2.05, 4.69) is 45.3 Å². The zero-order chi connectivity index (χ0) is 9.97. The van der Waals surface area contributed by atoms with Gasteiger partial charge < -0.3 is 5.32 Å². The van der Waals surface area contributed by atoms with Crippen molar-refractivity contribution in [2.75, 3.05) is 0 Å². The van der Waals surface area contributed by atoms with Crippen LogP contribution in [0.25, 0.3) is 0 Å². The molecule has 0 saturated heterocycles. The Hall–Kier alpha value is -0.610. The van der Waals surface area contributed by atoms with Gasteiger partial charge in [0.05, 0.1) is 6.34 Å². The third kappa shape index (κ3) is 1.91. The molecular weight excluding hydrogens is 260 g/mol. The normalized spacial score (nSPS) is 19.7. The minimum absolute atomic E-state index is 0.177. The molecule has 1 aliphatic heterocycles. The van der Waals surface area contributed by atoms with E-state index in [1.165, 1.54) is 14.2 Å². The fraction of sp³-hybridized carbons (Fsp3) is 0.300. The topological polar surface area (TPSA) is 24.4 Å². The third-order valence-electron chi connectivity index (χ3n) is 2.07. The number of hydrogen-bond donors (Lipinski definition) is 1. The molecule has 1 N–H and O–H groups in total. The molecular formula is C10H11BrN2S. The quantitative estimate of drug-likeness (QED) is 0.877. The summed E-state index contributed by atoms with van der Waals surface area (Å²) in [6.45, 7) is 2.17. The largest absolute Gasteiger partial charge is 0.353 e. The molecule has 2 heterocycles. The minimum atomic E-state index is 0.177. The number of nitrogens with zero attached hydrogens (tertiary/aromatic N) is 1. The third-order valence-corrected chi connectivity index (χ3v) is 4.33. The molecule has 74 valence electrons. The molecule has 0 aromatic carbocycles. The van der Waals surface area contributed by atoms with Gasteiger partial charge in [-0.15, -0.1) is 11.3 Å². The maximum atomic E-state index is 4.37. The van der Waals surface area contributed by atoms with E-state index in [-0.39, 0.29) is 6.04 Å². The van der Waals surface area contributed by atoms with Gasteiger partial charge in [0.15, 0.2) is 0 Å². The average Bonchev–Trinajstić information content (AvgIpc) is 2.61. The summed E-state index contributed by atoms with van der Waals surface area (Å²) in [5.74, 6) is 0. The van der Waals surface area contributed by atoms with Crippen LogP contribution in [0.2, 0.25) is 0 Å². The van der Waals surface area contributed by atoms with Gasteiger partial charge in [0.25, 0.3) is 0 Å². The first-order valence-electron chi connectivity index (χ1n) is 4.53. The summed E-state index contributed by atoms with van der Waals surface area (Å²) in [5.41, 5.74) is 0. The molecule has 4 heteroatoms. The van der Waals surface area contributed by atoms with Crippen molar-refractivity contribution in [2.45, 2.75) is 19.4 Å². The van der Waals surface area contributed by atoms with E-state index in [1.54, 1.807) is 6.34 Å². The Kier molecular flexibility index (Phi) is 3.03. The van der Waals surface area contributed by atoms with Crippen LogP contribution < -0.4 is 5.32 Å². The molecule has 0 amide bonds. The van der Waals surface area contributed by atoms with E-state index < -0.39 is 0 Å². The van der Waals surface area contributed by atoms with Crippen LogP contribution in [0.3, 0.4) is 0 Å². The molecule has 1 aromatic heterocycles. The molecule has 0 spiro atoms. The molecule has 0 aliphatic carbocycles. The Balaban J connectivity index is 2.30. The lowest BCUT2D eigenvalue weighted by atomic mass is 10.2. The van der Waals surface area contributed by atoms with Gasteiger partial charge in [-0.25, -0.2) is 0 Å². The average molecular weight is 271 g/mol. The first-order valence-corrected chi connectivity index (χ1v) is 6.14. The van der Waals surface area contributed by atoms with E-state index in [0.717, 1.165) is 6.42 Å². The maximum Gasteiger partial charge on any atom is 0.107 e. The fourth-order valence-electron chi connectivity index (χ4n) is 1.33. The Bertz CT molecular complexity index is 369. The van der Waals surface area contributed by atoms with Crippen molar-refractivity contribution in [2.24, 2.45) is 4.99 Å². The van der Waals surface area contributed by atoms with E-state index in [1.807, 2.05) is 17.5 Å². The van der Waals surface area contributed by atoms with Gasteiger partial charge in [0.1, 0.15) is 6.04 Å². The molecule has 1 atom stereocenters. The Morgan fingerprint density at radius 3 is 3.07 bits per heavy atom. The summed E-state index contributed by atoms with van der Waals surface area (Å²) in [5, 5.41) is 2.94. The number of thiophene rings is 1. The standard InChI is InChI=1S/C10H11BrN2S/c1-2-7-5-8(11)10(14-7)9-3-4-12-6-13-9/h3-6,9H,2H2,1H3,(H,12,13)/t9-/m1/s1. The summed E-state index contributed by atoms with van der Waals surface area (Å²) in [4.78, 5) is 7.05. The summed E-state index contributed by atoms with van der Waals surface area (Å²) >= 11 is 5.40. The molecule has 0 radical (unpaired) electrons. The molecule has 0 fully saturated rings.